The maximum absolute atomic E-state index is 13.4. The number of benzene rings is 3. The summed E-state index contributed by atoms with van der Waals surface area (Å²) >= 11 is 0. The molecule has 4 rings (SSSR count). The van der Waals surface area contributed by atoms with Crippen molar-refractivity contribution in [1.82, 2.24) is 4.57 Å². The number of carbonyl (C=O) groups excluding carboxylic acids is 1. The van der Waals surface area contributed by atoms with Crippen LogP contribution >= 0.6 is 0 Å². The molecule has 4 aromatic rings. The fourth-order valence-electron chi connectivity index (χ4n) is 3.63. The Balaban J connectivity index is 1.85. The lowest BCUT2D eigenvalue weighted by Crippen LogP contribution is -2.23. The van der Waals surface area contributed by atoms with Crippen LogP contribution in [0.15, 0.2) is 71.7 Å². The Morgan fingerprint density at radius 3 is 2.31 bits per heavy atom. The zero-order valence-electron chi connectivity index (χ0n) is 18.4. The van der Waals surface area contributed by atoms with Crippen LogP contribution in [0.5, 0.6) is 11.5 Å². The standard InChI is InChI=1S/C26H24N2O4/c1-16-9-10-18(13-17(16)2)28-15-22(20-7-5-6-8-21(20)26(28)30)25(29)27-23-12-11-19(31-3)14-24(23)32-4/h5-15H,1-4H3,(H,27,29). The van der Waals surface area contributed by atoms with Crippen molar-refractivity contribution in [2.24, 2.45) is 0 Å². The van der Waals surface area contributed by atoms with Crippen LogP contribution in [-0.4, -0.2) is 24.7 Å². The number of fused-ring (bicyclic) bond motifs is 1. The number of ether oxygens (including phenoxy) is 2. The van der Waals surface area contributed by atoms with E-state index in [9.17, 15) is 9.59 Å². The molecule has 32 heavy (non-hydrogen) atoms. The summed E-state index contributed by atoms with van der Waals surface area (Å²) in [6.07, 6.45) is 1.60. The van der Waals surface area contributed by atoms with Gasteiger partial charge < -0.3 is 14.8 Å². The Morgan fingerprint density at radius 2 is 1.62 bits per heavy atom. The van der Waals surface area contributed by atoms with Gasteiger partial charge in [0, 0.05) is 28.7 Å². The van der Waals surface area contributed by atoms with Gasteiger partial charge in [-0.1, -0.05) is 24.3 Å². The van der Waals surface area contributed by atoms with E-state index < -0.39 is 0 Å². The summed E-state index contributed by atoms with van der Waals surface area (Å²) in [6, 6.07) is 18.1. The van der Waals surface area contributed by atoms with Crippen molar-refractivity contribution in [3.05, 3.63) is 93.9 Å². The van der Waals surface area contributed by atoms with E-state index in [4.69, 9.17) is 9.47 Å². The summed E-state index contributed by atoms with van der Waals surface area (Å²) < 4.78 is 12.1. The van der Waals surface area contributed by atoms with Gasteiger partial charge in [0.1, 0.15) is 11.5 Å². The van der Waals surface area contributed by atoms with Crippen molar-refractivity contribution in [3.63, 3.8) is 0 Å². The molecule has 0 aliphatic rings. The molecule has 0 saturated heterocycles. The second kappa shape index (κ2) is 8.59. The van der Waals surface area contributed by atoms with Gasteiger partial charge in [-0.3, -0.25) is 14.2 Å². The number of nitrogens with one attached hydrogen (secondary N) is 1. The molecule has 162 valence electrons. The molecule has 1 aromatic heterocycles. The molecule has 6 nitrogen and oxygen atoms in total. The summed E-state index contributed by atoms with van der Waals surface area (Å²) in [7, 11) is 3.09. The van der Waals surface area contributed by atoms with Crippen LogP contribution < -0.4 is 20.3 Å². The van der Waals surface area contributed by atoms with Gasteiger partial charge in [-0.15, -0.1) is 0 Å². The van der Waals surface area contributed by atoms with E-state index in [1.165, 1.54) is 11.7 Å². The first-order valence-corrected chi connectivity index (χ1v) is 10.2. The highest BCUT2D eigenvalue weighted by Gasteiger charge is 2.17. The lowest BCUT2D eigenvalue weighted by atomic mass is 10.1. The first kappa shape index (κ1) is 21.2. The lowest BCUT2D eigenvalue weighted by Gasteiger charge is -2.15. The van der Waals surface area contributed by atoms with Gasteiger partial charge >= 0.3 is 0 Å². The number of pyridine rings is 1. The van der Waals surface area contributed by atoms with Gasteiger partial charge in [-0.05, 0) is 55.3 Å². The number of aryl methyl sites for hydroxylation is 2. The number of nitrogens with zero attached hydrogens (tertiary/aromatic N) is 1. The topological polar surface area (TPSA) is 69.6 Å². The van der Waals surface area contributed by atoms with Gasteiger partial charge in [-0.25, -0.2) is 0 Å². The van der Waals surface area contributed by atoms with E-state index in [1.54, 1.807) is 49.7 Å². The Labute approximate surface area is 186 Å². The molecule has 0 atom stereocenters. The van der Waals surface area contributed by atoms with E-state index in [1.807, 2.05) is 38.1 Å². The Kier molecular flexibility index (Phi) is 5.69. The first-order chi connectivity index (χ1) is 15.4. The smallest absolute Gasteiger partial charge is 0.262 e. The minimum Gasteiger partial charge on any atom is -0.497 e. The average molecular weight is 428 g/mol. The van der Waals surface area contributed by atoms with Crippen molar-refractivity contribution in [2.45, 2.75) is 13.8 Å². The number of carbonyl (C=O) groups is 1. The van der Waals surface area contributed by atoms with Crippen LogP contribution in [0.25, 0.3) is 16.5 Å². The minimum absolute atomic E-state index is 0.178. The molecule has 0 radical (unpaired) electrons. The highest BCUT2D eigenvalue weighted by atomic mass is 16.5. The molecule has 6 heteroatoms. The van der Waals surface area contributed by atoms with Crippen LogP contribution in [0.3, 0.4) is 0 Å². The van der Waals surface area contributed by atoms with E-state index in [2.05, 4.69) is 5.32 Å². The van der Waals surface area contributed by atoms with Crippen LogP contribution in [0.1, 0.15) is 21.5 Å². The third-order valence-electron chi connectivity index (χ3n) is 5.59. The number of hydrogen-bond acceptors (Lipinski definition) is 4. The van der Waals surface area contributed by atoms with Gasteiger partial charge in [0.2, 0.25) is 0 Å². The quantitative estimate of drug-likeness (QED) is 0.492. The monoisotopic (exact) mass is 428 g/mol. The Bertz CT molecular complexity index is 1390. The molecule has 0 unspecified atom stereocenters. The van der Waals surface area contributed by atoms with Gasteiger partial charge in [0.05, 0.1) is 25.5 Å². The summed E-state index contributed by atoms with van der Waals surface area (Å²) in [5, 5.41) is 3.96. The fourth-order valence-corrected chi connectivity index (χ4v) is 3.63. The van der Waals surface area contributed by atoms with Crippen molar-refractivity contribution in [2.75, 3.05) is 19.5 Å². The molecule has 0 aliphatic carbocycles. The van der Waals surface area contributed by atoms with E-state index >= 15 is 0 Å². The molecule has 0 saturated carbocycles. The zero-order valence-corrected chi connectivity index (χ0v) is 18.4. The highest BCUT2D eigenvalue weighted by Crippen LogP contribution is 2.30. The summed E-state index contributed by atoms with van der Waals surface area (Å²) in [4.78, 5) is 26.6. The second-order valence-electron chi connectivity index (χ2n) is 7.55. The normalized spacial score (nSPS) is 10.8. The number of rotatable bonds is 5. The number of anilines is 1. The molecule has 0 fully saturated rings. The molecular weight excluding hydrogens is 404 g/mol. The first-order valence-electron chi connectivity index (χ1n) is 10.2. The van der Waals surface area contributed by atoms with Crippen LogP contribution in [0.4, 0.5) is 5.69 Å². The lowest BCUT2D eigenvalue weighted by molar-refractivity contribution is 0.102. The third kappa shape index (κ3) is 3.83. The molecule has 1 N–H and O–H groups in total. The predicted octanol–water partition coefficient (Wildman–Crippen LogP) is 4.88. The second-order valence-corrected chi connectivity index (χ2v) is 7.55. The van der Waals surface area contributed by atoms with E-state index in [-0.39, 0.29) is 11.5 Å². The molecule has 3 aromatic carbocycles. The summed E-state index contributed by atoms with van der Waals surface area (Å²) in [6.45, 7) is 4.01. The summed E-state index contributed by atoms with van der Waals surface area (Å²) in [5.41, 5.74) is 3.62. The number of amides is 1. The fraction of sp³-hybridized carbons (Fsp3) is 0.154. The molecule has 1 heterocycles. The molecular formula is C26H24N2O4. The molecule has 0 aliphatic heterocycles. The maximum atomic E-state index is 13.4. The Morgan fingerprint density at radius 1 is 0.875 bits per heavy atom. The number of methoxy groups -OCH3 is 2. The summed E-state index contributed by atoms with van der Waals surface area (Å²) in [5.74, 6) is 0.750. The average Bonchev–Trinajstić information content (AvgIpc) is 2.81. The molecule has 0 spiro atoms. The Hall–Kier alpha value is -4.06. The maximum Gasteiger partial charge on any atom is 0.262 e. The van der Waals surface area contributed by atoms with Gasteiger partial charge in [0.15, 0.2) is 0 Å². The zero-order chi connectivity index (χ0) is 22.8. The predicted molar refractivity (Wildman–Crippen MR) is 127 cm³/mol. The van der Waals surface area contributed by atoms with Gasteiger partial charge in [0.25, 0.3) is 11.5 Å². The van der Waals surface area contributed by atoms with E-state index in [0.29, 0.717) is 39.2 Å². The van der Waals surface area contributed by atoms with E-state index in [0.717, 1.165) is 11.1 Å². The molecule has 1 amide bonds. The van der Waals surface area contributed by atoms with Crippen LogP contribution in [0.2, 0.25) is 0 Å². The van der Waals surface area contributed by atoms with Crippen molar-refractivity contribution < 1.29 is 14.3 Å². The molecule has 0 bridgehead atoms. The minimum atomic E-state index is -0.345. The van der Waals surface area contributed by atoms with Crippen LogP contribution in [-0.2, 0) is 0 Å². The van der Waals surface area contributed by atoms with Gasteiger partial charge in [-0.2, -0.15) is 0 Å². The van der Waals surface area contributed by atoms with Crippen molar-refractivity contribution in [1.29, 1.82) is 0 Å². The van der Waals surface area contributed by atoms with Crippen molar-refractivity contribution >= 4 is 22.4 Å². The number of aromatic nitrogens is 1. The third-order valence-corrected chi connectivity index (χ3v) is 5.59. The largest absolute Gasteiger partial charge is 0.497 e. The number of hydrogen-bond donors (Lipinski definition) is 1. The van der Waals surface area contributed by atoms with Crippen LogP contribution in [0, 0.1) is 13.8 Å². The van der Waals surface area contributed by atoms with Crippen molar-refractivity contribution in [3.8, 4) is 17.2 Å². The SMILES string of the molecule is COc1ccc(NC(=O)c2cn(-c3ccc(C)c(C)c3)c(=O)c3ccccc23)c(OC)c1. The highest BCUT2D eigenvalue weighted by molar-refractivity contribution is 6.13.